The average molecular weight is 155 g/mol. The molecular weight excluding hydrogens is 150 g/mol. The maximum absolute atomic E-state index is 10.5. The predicted molar refractivity (Wildman–Crippen MR) is 35.4 cm³/mol. The lowest BCUT2D eigenvalue weighted by molar-refractivity contribution is -0.132. The summed E-state index contributed by atoms with van der Waals surface area (Å²) in [4.78, 5) is 22.9. The molecule has 0 aromatic carbocycles. The molecule has 0 aromatic rings. The van der Waals surface area contributed by atoms with E-state index in [9.17, 15) is 9.59 Å². The van der Waals surface area contributed by atoms with Crippen LogP contribution >= 0.6 is 0 Å². The first-order valence-electron chi connectivity index (χ1n) is 2.54. The molecule has 1 amide bonds. The summed E-state index contributed by atoms with van der Waals surface area (Å²) < 4.78 is 3.95. The number of esters is 1. The summed E-state index contributed by atoms with van der Waals surface area (Å²) in [5.41, 5.74) is 7.77. The lowest BCUT2D eigenvalue weighted by Crippen LogP contribution is -2.08. The fourth-order valence-electron chi connectivity index (χ4n) is 0.223. The Morgan fingerprint density at radius 3 is 2.55 bits per heavy atom. The van der Waals surface area contributed by atoms with Crippen molar-refractivity contribution in [3.8, 4) is 0 Å². The normalized spacial score (nSPS) is 7.73. The lowest BCUT2D eigenvalue weighted by Gasteiger charge is -1.94. The fraction of sp³-hybridized carbons (Fsp3) is 0.200. The molecule has 0 bridgehead atoms. The zero-order valence-corrected chi connectivity index (χ0v) is 5.77. The second-order valence-corrected chi connectivity index (χ2v) is 1.63. The van der Waals surface area contributed by atoms with Crippen molar-refractivity contribution in [2.45, 2.75) is 6.92 Å². The molecular formula is C5H5N3O3. The number of hydrogen-bond donors (Lipinski definition) is 0. The van der Waals surface area contributed by atoms with Crippen LogP contribution in [0.15, 0.2) is 17.3 Å². The zero-order chi connectivity index (χ0) is 8.85. The van der Waals surface area contributed by atoms with Gasteiger partial charge in [0.05, 0.1) is 0 Å². The molecule has 58 valence electrons. The molecule has 0 aliphatic rings. The molecule has 0 aromatic heterocycles. The third-order valence-electron chi connectivity index (χ3n) is 0.655. The van der Waals surface area contributed by atoms with Crippen molar-refractivity contribution in [3.63, 3.8) is 0 Å². The van der Waals surface area contributed by atoms with Gasteiger partial charge in [-0.2, -0.15) is 0 Å². The lowest BCUT2D eigenvalue weighted by atomic mass is 10.4. The minimum absolute atomic E-state index is 0.0616. The number of hydrogen-bond acceptors (Lipinski definition) is 3. The van der Waals surface area contributed by atoms with Crippen molar-refractivity contribution in [1.29, 1.82) is 0 Å². The van der Waals surface area contributed by atoms with Crippen LogP contribution in [0, 0.1) is 0 Å². The van der Waals surface area contributed by atoms with Crippen LogP contribution in [0.1, 0.15) is 6.92 Å². The molecule has 0 fully saturated rings. The van der Waals surface area contributed by atoms with E-state index in [0.29, 0.717) is 0 Å². The fourth-order valence-corrected chi connectivity index (χ4v) is 0.223. The van der Waals surface area contributed by atoms with Gasteiger partial charge in [-0.05, 0) is 12.5 Å². The summed E-state index contributed by atoms with van der Waals surface area (Å²) in [6.07, 6.45) is -1.28. The van der Waals surface area contributed by atoms with Gasteiger partial charge in [0.25, 0.3) is 0 Å². The van der Waals surface area contributed by atoms with Crippen molar-refractivity contribution in [3.05, 3.63) is 22.6 Å². The van der Waals surface area contributed by atoms with Crippen molar-refractivity contribution >= 4 is 12.1 Å². The average Bonchev–Trinajstić information content (AvgIpc) is 1.87. The first kappa shape index (κ1) is 9.19. The number of nitrogens with zero attached hydrogens (tertiary/aromatic N) is 3. The summed E-state index contributed by atoms with van der Waals surface area (Å²) in [5, 5.41) is 2.50. The van der Waals surface area contributed by atoms with Crippen molar-refractivity contribution in [1.82, 2.24) is 0 Å². The Balaban J connectivity index is 4.06. The van der Waals surface area contributed by atoms with Crippen LogP contribution in [-0.4, -0.2) is 12.1 Å². The second-order valence-electron chi connectivity index (χ2n) is 1.63. The largest absolute Gasteiger partial charge is 0.404 e. The molecule has 6 nitrogen and oxygen atoms in total. The molecule has 0 aliphatic carbocycles. The number of ether oxygens (including phenoxy) is 1. The van der Waals surface area contributed by atoms with E-state index < -0.39 is 12.1 Å². The van der Waals surface area contributed by atoms with Crippen LogP contribution < -0.4 is 0 Å². The highest BCUT2D eigenvalue weighted by Gasteiger charge is 2.07. The van der Waals surface area contributed by atoms with Gasteiger partial charge in [-0.25, -0.2) is 9.59 Å². The molecule has 0 rings (SSSR count). The van der Waals surface area contributed by atoms with E-state index >= 15 is 0 Å². The molecule has 11 heavy (non-hydrogen) atoms. The Labute approximate surface area is 62.1 Å². The van der Waals surface area contributed by atoms with Gasteiger partial charge in [-0.15, -0.1) is 0 Å². The Morgan fingerprint density at radius 2 is 2.18 bits per heavy atom. The second kappa shape index (κ2) is 4.08. The van der Waals surface area contributed by atoms with E-state index in [1.807, 2.05) is 0 Å². The van der Waals surface area contributed by atoms with E-state index in [4.69, 9.17) is 5.53 Å². The topological polar surface area (TPSA) is 92.1 Å². The minimum Gasteiger partial charge on any atom is -0.385 e. The van der Waals surface area contributed by atoms with Crippen molar-refractivity contribution in [2.75, 3.05) is 0 Å². The summed E-state index contributed by atoms with van der Waals surface area (Å²) in [6.45, 7) is 4.57. The van der Waals surface area contributed by atoms with Gasteiger partial charge in [0.2, 0.25) is 0 Å². The molecule has 0 N–H and O–H groups in total. The molecule has 0 saturated heterocycles. The summed E-state index contributed by atoms with van der Waals surface area (Å²) >= 11 is 0. The summed E-state index contributed by atoms with van der Waals surface area (Å²) in [7, 11) is 0. The number of rotatable bonds is 1. The standard InChI is InChI=1S/C5H5N3O3/c1-3(2)4(9)11-5(10)7-8-6/h1H2,2H3. The number of carbonyl (C=O) groups excluding carboxylic acids is 2. The third kappa shape index (κ3) is 3.72. The van der Waals surface area contributed by atoms with Crippen LogP contribution in [-0.2, 0) is 9.53 Å². The smallest absolute Gasteiger partial charge is 0.385 e. The zero-order valence-electron chi connectivity index (χ0n) is 5.77. The summed E-state index contributed by atoms with van der Waals surface area (Å²) in [5.74, 6) is -0.901. The van der Waals surface area contributed by atoms with E-state index in [-0.39, 0.29) is 5.57 Å². The van der Waals surface area contributed by atoms with Crippen LogP contribution in [0.25, 0.3) is 10.4 Å². The minimum atomic E-state index is -1.28. The highest BCUT2D eigenvalue weighted by atomic mass is 16.6. The van der Waals surface area contributed by atoms with E-state index in [0.717, 1.165) is 0 Å². The van der Waals surface area contributed by atoms with Gasteiger partial charge in [0.1, 0.15) is 0 Å². The van der Waals surface area contributed by atoms with Gasteiger partial charge < -0.3 is 4.74 Å². The molecule has 0 aliphatic heterocycles. The molecule has 0 saturated carbocycles. The molecule has 0 unspecified atom stereocenters. The number of carbonyl (C=O) groups is 2. The highest BCUT2D eigenvalue weighted by molar-refractivity contribution is 5.94. The Hall–Kier alpha value is -1.81. The number of amides is 1. The maximum Gasteiger partial charge on any atom is 0.404 e. The molecule has 6 heteroatoms. The predicted octanol–water partition coefficient (Wildman–Crippen LogP) is 1.54. The van der Waals surface area contributed by atoms with E-state index in [1.54, 1.807) is 0 Å². The first-order valence-corrected chi connectivity index (χ1v) is 2.54. The molecule has 0 heterocycles. The van der Waals surface area contributed by atoms with Crippen LogP contribution in [0.2, 0.25) is 0 Å². The molecule has 0 atom stereocenters. The molecule has 0 spiro atoms. The number of azide groups is 1. The van der Waals surface area contributed by atoms with Crippen LogP contribution in [0.3, 0.4) is 0 Å². The van der Waals surface area contributed by atoms with Gasteiger partial charge >= 0.3 is 12.1 Å². The first-order chi connectivity index (χ1) is 5.07. The van der Waals surface area contributed by atoms with E-state index in [2.05, 4.69) is 21.3 Å². The highest BCUT2D eigenvalue weighted by Crippen LogP contribution is 1.94. The van der Waals surface area contributed by atoms with Crippen LogP contribution in [0.4, 0.5) is 4.79 Å². The molecule has 0 radical (unpaired) electrons. The van der Waals surface area contributed by atoms with Gasteiger partial charge in [-0.3, -0.25) is 0 Å². The van der Waals surface area contributed by atoms with Gasteiger partial charge in [-0.1, -0.05) is 6.58 Å². The maximum atomic E-state index is 10.5. The van der Waals surface area contributed by atoms with Gasteiger partial charge in [0.15, 0.2) is 0 Å². The Kier molecular flexibility index (Phi) is 3.41. The van der Waals surface area contributed by atoms with Crippen molar-refractivity contribution < 1.29 is 14.3 Å². The summed E-state index contributed by atoms with van der Waals surface area (Å²) in [6, 6.07) is 0. The van der Waals surface area contributed by atoms with Crippen molar-refractivity contribution in [2.24, 2.45) is 5.11 Å². The monoisotopic (exact) mass is 155 g/mol. The quantitative estimate of drug-likeness (QED) is 0.143. The van der Waals surface area contributed by atoms with Gasteiger partial charge in [0, 0.05) is 15.6 Å². The Morgan fingerprint density at radius 1 is 1.64 bits per heavy atom. The third-order valence-corrected chi connectivity index (χ3v) is 0.655. The van der Waals surface area contributed by atoms with Crippen LogP contribution in [0.5, 0.6) is 0 Å². The SMILES string of the molecule is C=C(C)C(=O)OC(=O)N=[N+]=[N-]. The van der Waals surface area contributed by atoms with E-state index in [1.165, 1.54) is 6.92 Å². The Bertz CT molecular complexity index is 240.